The largest absolute Gasteiger partial charge is 0.310 e. The highest BCUT2D eigenvalue weighted by Gasteiger charge is 2.26. The molecule has 4 heterocycles. The molecule has 1 saturated heterocycles. The van der Waals surface area contributed by atoms with Crippen molar-refractivity contribution in [1.82, 2.24) is 24.6 Å². The van der Waals surface area contributed by atoms with Crippen LogP contribution in [0.5, 0.6) is 0 Å². The Morgan fingerprint density at radius 2 is 2.10 bits per heavy atom. The second kappa shape index (κ2) is 8.24. The maximum absolute atomic E-state index is 13.2. The molecule has 1 fully saturated rings. The first-order valence-corrected chi connectivity index (χ1v) is 9.91. The quantitative estimate of drug-likeness (QED) is 0.717. The molecule has 1 amide bonds. The van der Waals surface area contributed by atoms with Crippen molar-refractivity contribution in [2.45, 2.75) is 25.9 Å². The molecule has 0 spiro atoms. The molecule has 1 aliphatic rings. The maximum atomic E-state index is 13.2. The molecular weight excluding hydrogens is 371 g/mol. The van der Waals surface area contributed by atoms with E-state index < -0.39 is 6.17 Å². The number of nitrogens with one attached hydrogen (secondary N) is 1. The zero-order valence-electron chi connectivity index (χ0n) is 16.7. The predicted molar refractivity (Wildman–Crippen MR) is 110 cm³/mol. The minimum Gasteiger partial charge on any atom is -0.310 e. The Kier molecular flexibility index (Phi) is 5.53. The van der Waals surface area contributed by atoms with Gasteiger partial charge >= 0.3 is 0 Å². The van der Waals surface area contributed by atoms with Gasteiger partial charge in [-0.1, -0.05) is 0 Å². The van der Waals surface area contributed by atoms with Gasteiger partial charge in [0.1, 0.15) is 12.0 Å². The number of hydrogen-bond acceptors (Lipinski definition) is 5. The minimum atomic E-state index is -0.841. The van der Waals surface area contributed by atoms with Gasteiger partial charge < -0.3 is 10.2 Å². The molecular formula is C21H25FN6O. The molecule has 0 bridgehead atoms. The predicted octanol–water partition coefficient (Wildman–Crippen LogP) is 3.04. The van der Waals surface area contributed by atoms with Crippen LogP contribution in [-0.4, -0.2) is 56.4 Å². The number of rotatable bonds is 5. The number of aryl methyl sites for hydroxylation is 1. The van der Waals surface area contributed by atoms with Gasteiger partial charge in [0.2, 0.25) is 5.91 Å². The Labute approximate surface area is 168 Å². The van der Waals surface area contributed by atoms with Crippen LogP contribution in [0.25, 0.3) is 22.2 Å². The highest BCUT2D eigenvalue weighted by molar-refractivity contribution is 5.93. The fraction of sp³-hybridized carbons (Fsp3) is 0.429. The number of hydrogen-bond donors (Lipinski definition) is 1. The first-order valence-electron chi connectivity index (χ1n) is 9.91. The van der Waals surface area contributed by atoms with Crippen molar-refractivity contribution in [1.29, 1.82) is 0 Å². The van der Waals surface area contributed by atoms with Gasteiger partial charge in [-0.3, -0.25) is 9.48 Å². The van der Waals surface area contributed by atoms with Crippen molar-refractivity contribution in [3.05, 3.63) is 36.8 Å². The van der Waals surface area contributed by atoms with Gasteiger partial charge in [0, 0.05) is 48.9 Å². The Hall–Kier alpha value is -2.87. The fourth-order valence-corrected chi connectivity index (χ4v) is 3.76. The van der Waals surface area contributed by atoms with E-state index in [-0.39, 0.29) is 11.8 Å². The number of carbonyl (C=O) groups is 1. The normalized spacial score (nSPS) is 16.8. The lowest BCUT2D eigenvalue weighted by Crippen LogP contribution is -2.40. The highest BCUT2D eigenvalue weighted by atomic mass is 19.1. The van der Waals surface area contributed by atoms with Gasteiger partial charge in [-0.05, 0) is 45.0 Å². The Morgan fingerprint density at radius 1 is 1.31 bits per heavy atom. The van der Waals surface area contributed by atoms with Crippen LogP contribution in [0.4, 0.5) is 10.2 Å². The molecule has 1 N–H and O–H groups in total. The van der Waals surface area contributed by atoms with Gasteiger partial charge in [-0.2, -0.15) is 5.10 Å². The molecule has 1 aliphatic heterocycles. The summed E-state index contributed by atoms with van der Waals surface area (Å²) in [5, 5.41) is 8.02. The molecule has 0 unspecified atom stereocenters. The SMILES string of the molecule is C[C@H](F)CN1CCC(C(=O)Nc2cc3nc(-c4cnn(C)c4)ccc3cn2)CC1. The van der Waals surface area contributed by atoms with Crippen LogP contribution < -0.4 is 5.32 Å². The first kappa shape index (κ1) is 19.4. The second-order valence-corrected chi connectivity index (χ2v) is 7.71. The van der Waals surface area contributed by atoms with E-state index in [2.05, 4.69) is 25.3 Å². The van der Waals surface area contributed by atoms with Crippen molar-refractivity contribution < 1.29 is 9.18 Å². The van der Waals surface area contributed by atoms with Gasteiger partial charge in [-0.15, -0.1) is 0 Å². The number of amides is 1. The van der Waals surface area contributed by atoms with Crippen LogP contribution in [0, 0.1) is 5.92 Å². The van der Waals surface area contributed by atoms with Gasteiger partial charge in [0.25, 0.3) is 0 Å². The average molecular weight is 396 g/mol. The van der Waals surface area contributed by atoms with Crippen molar-refractivity contribution in [3.8, 4) is 11.3 Å². The number of piperidine rings is 1. The van der Waals surface area contributed by atoms with Crippen LogP contribution in [-0.2, 0) is 11.8 Å². The van der Waals surface area contributed by atoms with Crippen LogP contribution in [0.15, 0.2) is 36.8 Å². The van der Waals surface area contributed by atoms with Crippen LogP contribution in [0.1, 0.15) is 19.8 Å². The summed E-state index contributed by atoms with van der Waals surface area (Å²) < 4.78 is 14.9. The van der Waals surface area contributed by atoms with Gasteiger partial charge in [-0.25, -0.2) is 14.4 Å². The molecule has 7 nitrogen and oxygen atoms in total. The molecule has 0 aromatic carbocycles. The number of carbonyl (C=O) groups excluding carboxylic acids is 1. The maximum Gasteiger partial charge on any atom is 0.228 e. The molecule has 3 aromatic rings. The Morgan fingerprint density at radius 3 is 2.79 bits per heavy atom. The zero-order chi connectivity index (χ0) is 20.4. The molecule has 4 rings (SSSR count). The van der Waals surface area contributed by atoms with E-state index >= 15 is 0 Å². The number of fused-ring (bicyclic) bond motifs is 1. The van der Waals surface area contributed by atoms with E-state index in [1.807, 2.05) is 25.4 Å². The van der Waals surface area contributed by atoms with E-state index in [1.165, 1.54) is 0 Å². The molecule has 1 atom stereocenters. The molecule has 0 radical (unpaired) electrons. The number of aromatic nitrogens is 4. The van der Waals surface area contributed by atoms with Crippen LogP contribution in [0.3, 0.4) is 0 Å². The third-order valence-electron chi connectivity index (χ3n) is 5.29. The van der Waals surface area contributed by atoms with E-state index in [1.54, 1.807) is 30.1 Å². The van der Waals surface area contributed by atoms with E-state index in [4.69, 9.17) is 0 Å². The van der Waals surface area contributed by atoms with Crippen molar-refractivity contribution in [3.63, 3.8) is 0 Å². The molecule has 29 heavy (non-hydrogen) atoms. The number of halogens is 1. The third-order valence-corrected chi connectivity index (χ3v) is 5.29. The summed E-state index contributed by atoms with van der Waals surface area (Å²) >= 11 is 0. The number of anilines is 1. The second-order valence-electron chi connectivity index (χ2n) is 7.71. The van der Waals surface area contributed by atoms with Crippen molar-refractivity contribution >= 4 is 22.6 Å². The first-order chi connectivity index (χ1) is 14.0. The Bertz CT molecular complexity index is 1010. The minimum absolute atomic E-state index is 0.0341. The number of nitrogens with zero attached hydrogens (tertiary/aromatic N) is 5. The summed E-state index contributed by atoms with van der Waals surface area (Å²) in [5.74, 6) is 0.389. The molecule has 152 valence electrons. The highest BCUT2D eigenvalue weighted by Crippen LogP contribution is 2.23. The Balaban J connectivity index is 1.44. The van der Waals surface area contributed by atoms with Crippen LogP contribution >= 0.6 is 0 Å². The van der Waals surface area contributed by atoms with Crippen LogP contribution in [0.2, 0.25) is 0 Å². The lowest BCUT2D eigenvalue weighted by atomic mass is 9.96. The summed E-state index contributed by atoms with van der Waals surface area (Å²) in [6.07, 6.45) is 6.02. The van der Waals surface area contributed by atoms with E-state index in [0.717, 1.165) is 48.1 Å². The topological polar surface area (TPSA) is 75.9 Å². The number of pyridine rings is 2. The average Bonchev–Trinajstić information content (AvgIpc) is 3.14. The summed E-state index contributed by atoms with van der Waals surface area (Å²) in [6, 6.07) is 5.70. The van der Waals surface area contributed by atoms with E-state index in [0.29, 0.717) is 12.4 Å². The fourth-order valence-electron chi connectivity index (χ4n) is 3.76. The third kappa shape index (κ3) is 4.59. The molecule has 8 heteroatoms. The number of likely N-dealkylation sites (tertiary alicyclic amines) is 1. The summed E-state index contributed by atoms with van der Waals surface area (Å²) in [4.78, 5) is 23.8. The van der Waals surface area contributed by atoms with Crippen molar-refractivity contribution in [2.75, 3.05) is 25.0 Å². The van der Waals surface area contributed by atoms with Crippen molar-refractivity contribution in [2.24, 2.45) is 13.0 Å². The summed E-state index contributed by atoms with van der Waals surface area (Å²) in [5.41, 5.74) is 2.53. The zero-order valence-corrected chi connectivity index (χ0v) is 16.7. The van der Waals surface area contributed by atoms with Gasteiger partial charge in [0.15, 0.2) is 0 Å². The van der Waals surface area contributed by atoms with E-state index in [9.17, 15) is 9.18 Å². The number of alkyl halides is 1. The lowest BCUT2D eigenvalue weighted by molar-refractivity contribution is -0.121. The lowest BCUT2D eigenvalue weighted by Gasteiger charge is -2.31. The summed E-state index contributed by atoms with van der Waals surface area (Å²) in [7, 11) is 1.87. The smallest absolute Gasteiger partial charge is 0.228 e. The molecule has 0 saturated carbocycles. The molecule has 0 aliphatic carbocycles. The standard InChI is InChI=1S/C21H25FN6O/c1-14(22)12-28-7-5-15(6-8-28)21(29)26-20-9-19-16(10-23-20)3-4-18(25-19)17-11-24-27(2)13-17/h3-4,9-11,13-15H,5-8,12H2,1-2H3,(H,23,26,29)/t14-/m0/s1. The monoisotopic (exact) mass is 396 g/mol. The molecule has 3 aromatic heterocycles. The van der Waals surface area contributed by atoms with Gasteiger partial charge in [0.05, 0.1) is 17.4 Å². The summed E-state index contributed by atoms with van der Waals surface area (Å²) in [6.45, 7) is 3.49.